The monoisotopic (exact) mass is 421 g/mol. The number of hydrogen-bond acceptors (Lipinski definition) is 4. The quantitative estimate of drug-likeness (QED) is 0.251. The van der Waals surface area contributed by atoms with Crippen LogP contribution in [-0.4, -0.2) is 46.8 Å². The molecule has 0 saturated carbocycles. The molecule has 156 valence electrons. The highest BCUT2D eigenvalue weighted by molar-refractivity contribution is 7.80. The van der Waals surface area contributed by atoms with Gasteiger partial charge in [-0.3, -0.25) is 0 Å². The van der Waals surface area contributed by atoms with Gasteiger partial charge in [-0.2, -0.15) is 10.2 Å². The van der Waals surface area contributed by atoms with Gasteiger partial charge < -0.3 is 10.1 Å². The maximum atomic E-state index is 5.41. The van der Waals surface area contributed by atoms with Crippen molar-refractivity contribution in [3.8, 4) is 22.7 Å². The van der Waals surface area contributed by atoms with E-state index in [1.54, 1.807) is 18.3 Å². The number of nitrogens with one attached hydrogen (secondary N) is 1. The lowest BCUT2D eigenvalue weighted by Crippen LogP contribution is -2.34. The van der Waals surface area contributed by atoms with Gasteiger partial charge in [-0.05, 0) is 55.0 Å². The highest BCUT2D eigenvalue weighted by Crippen LogP contribution is 2.25. The molecule has 0 aliphatic carbocycles. The highest BCUT2D eigenvalue weighted by atomic mass is 32.1. The van der Waals surface area contributed by atoms with Gasteiger partial charge in [0.1, 0.15) is 11.4 Å². The molecular formula is C23H27N5OS. The minimum Gasteiger partial charge on any atom is -0.497 e. The van der Waals surface area contributed by atoms with Gasteiger partial charge in [0.25, 0.3) is 0 Å². The summed E-state index contributed by atoms with van der Waals surface area (Å²) in [5.74, 6) is 0.805. The predicted molar refractivity (Wildman–Crippen MR) is 126 cm³/mol. The number of thiocarbonyl (C=S) groups is 1. The van der Waals surface area contributed by atoms with Crippen LogP contribution in [-0.2, 0) is 0 Å². The van der Waals surface area contributed by atoms with Gasteiger partial charge in [-0.25, -0.2) is 9.69 Å². The number of benzene rings is 2. The van der Waals surface area contributed by atoms with Crippen molar-refractivity contribution in [3.05, 3.63) is 66.4 Å². The number of ether oxygens (including phenoxy) is 1. The fourth-order valence-electron chi connectivity index (χ4n) is 2.86. The molecule has 0 radical (unpaired) electrons. The maximum absolute atomic E-state index is 5.41. The first kappa shape index (κ1) is 21.5. The van der Waals surface area contributed by atoms with Gasteiger partial charge >= 0.3 is 0 Å². The van der Waals surface area contributed by atoms with Crippen LogP contribution in [0, 0.1) is 0 Å². The van der Waals surface area contributed by atoms with E-state index in [-0.39, 0.29) is 0 Å². The second-order valence-corrected chi connectivity index (χ2v) is 7.18. The number of hydrogen-bond donors (Lipinski definition) is 1. The molecule has 0 aliphatic heterocycles. The molecule has 3 aromatic rings. The lowest BCUT2D eigenvalue weighted by molar-refractivity contribution is 0.415. The molecule has 0 unspecified atom stereocenters. The Bertz CT molecular complexity index is 983. The summed E-state index contributed by atoms with van der Waals surface area (Å²) >= 11 is 5.41. The van der Waals surface area contributed by atoms with E-state index in [0.29, 0.717) is 5.11 Å². The highest BCUT2D eigenvalue weighted by Gasteiger charge is 2.12. The number of para-hydroxylation sites is 1. The lowest BCUT2D eigenvalue weighted by atomic mass is 10.1. The molecule has 30 heavy (non-hydrogen) atoms. The molecule has 1 heterocycles. The van der Waals surface area contributed by atoms with Gasteiger partial charge in [-0.1, -0.05) is 31.5 Å². The van der Waals surface area contributed by atoms with Gasteiger partial charge in [0.2, 0.25) is 0 Å². The predicted octanol–water partition coefficient (Wildman–Crippen LogP) is 4.49. The van der Waals surface area contributed by atoms with E-state index in [1.165, 1.54) is 0 Å². The summed E-state index contributed by atoms with van der Waals surface area (Å²) in [5, 5.41) is 14.8. The van der Waals surface area contributed by atoms with Crippen LogP contribution in [0.3, 0.4) is 0 Å². The Kier molecular flexibility index (Phi) is 7.57. The van der Waals surface area contributed by atoms with Crippen LogP contribution in [0.4, 0.5) is 0 Å². The van der Waals surface area contributed by atoms with Crippen LogP contribution in [0.1, 0.15) is 25.3 Å². The van der Waals surface area contributed by atoms with Gasteiger partial charge in [0, 0.05) is 30.9 Å². The van der Waals surface area contributed by atoms with Crippen molar-refractivity contribution in [1.82, 2.24) is 20.1 Å². The summed E-state index contributed by atoms with van der Waals surface area (Å²) in [7, 11) is 3.50. The van der Waals surface area contributed by atoms with Gasteiger partial charge in [0.15, 0.2) is 5.11 Å². The van der Waals surface area contributed by atoms with E-state index in [9.17, 15) is 0 Å². The Morgan fingerprint density at radius 2 is 1.93 bits per heavy atom. The Morgan fingerprint density at radius 1 is 1.20 bits per heavy atom. The van der Waals surface area contributed by atoms with E-state index in [4.69, 9.17) is 22.1 Å². The first-order valence-corrected chi connectivity index (χ1v) is 10.4. The standard InChI is InChI=1S/C23H27N5OS/c1-4-5-15-24-23(30)27(2)25-16-19-17-28(20-9-7-6-8-10-20)26-22(19)18-11-13-21(29-3)14-12-18/h6-14,16-17H,4-5,15H2,1-3H3,(H,24,30)/b25-16-. The molecule has 1 aromatic heterocycles. The zero-order valence-electron chi connectivity index (χ0n) is 17.6. The second-order valence-electron chi connectivity index (χ2n) is 6.80. The van der Waals surface area contributed by atoms with Crippen molar-refractivity contribution in [2.24, 2.45) is 5.10 Å². The number of aromatic nitrogens is 2. The van der Waals surface area contributed by atoms with Crippen molar-refractivity contribution in [2.75, 3.05) is 20.7 Å². The summed E-state index contributed by atoms with van der Waals surface area (Å²) < 4.78 is 7.14. The fraction of sp³-hybridized carbons (Fsp3) is 0.261. The molecule has 1 N–H and O–H groups in total. The van der Waals surface area contributed by atoms with Gasteiger partial charge in [-0.15, -0.1) is 0 Å². The molecule has 0 atom stereocenters. The number of rotatable bonds is 8. The number of nitrogens with zero attached hydrogens (tertiary/aromatic N) is 4. The summed E-state index contributed by atoms with van der Waals surface area (Å²) in [5.41, 5.74) is 3.70. The lowest BCUT2D eigenvalue weighted by Gasteiger charge is -2.15. The Labute approximate surface area is 183 Å². The van der Waals surface area contributed by atoms with Crippen LogP contribution in [0.15, 0.2) is 65.9 Å². The van der Waals surface area contributed by atoms with Crippen LogP contribution < -0.4 is 10.1 Å². The summed E-state index contributed by atoms with van der Waals surface area (Å²) in [4.78, 5) is 0. The molecule has 6 nitrogen and oxygen atoms in total. The van der Waals surface area contributed by atoms with Crippen molar-refractivity contribution in [2.45, 2.75) is 19.8 Å². The van der Waals surface area contributed by atoms with E-state index >= 15 is 0 Å². The summed E-state index contributed by atoms with van der Waals surface area (Å²) in [6.45, 7) is 3.00. The normalized spacial score (nSPS) is 10.9. The second kappa shape index (κ2) is 10.5. The fourth-order valence-corrected chi connectivity index (χ4v) is 3.00. The Hall–Kier alpha value is -3.19. The van der Waals surface area contributed by atoms with Crippen molar-refractivity contribution < 1.29 is 4.74 Å². The van der Waals surface area contributed by atoms with Crippen molar-refractivity contribution >= 4 is 23.5 Å². The van der Waals surface area contributed by atoms with E-state index in [2.05, 4.69) is 17.3 Å². The summed E-state index contributed by atoms with van der Waals surface area (Å²) in [6, 6.07) is 17.9. The minimum atomic E-state index is 0.598. The molecule has 0 aliphatic rings. The van der Waals surface area contributed by atoms with Gasteiger partial charge in [0.05, 0.1) is 19.0 Å². The first-order chi connectivity index (χ1) is 14.6. The third-order valence-corrected chi connectivity index (χ3v) is 5.01. The zero-order valence-corrected chi connectivity index (χ0v) is 18.4. The third kappa shape index (κ3) is 5.45. The molecule has 7 heteroatoms. The molecule has 3 rings (SSSR count). The maximum Gasteiger partial charge on any atom is 0.189 e. The number of methoxy groups -OCH3 is 1. The smallest absolute Gasteiger partial charge is 0.189 e. The number of unbranched alkanes of at least 4 members (excludes halogenated alkanes) is 1. The molecule has 2 aromatic carbocycles. The third-order valence-electron chi connectivity index (χ3n) is 4.60. The Morgan fingerprint density at radius 3 is 2.60 bits per heavy atom. The van der Waals surface area contributed by atoms with Crippen LogP contribution in [0.25, 0.3) is 16.9 Å². The molecular weight excluding hydrogens is 394 g/mol. The van der Waals surface area contributed by atoms with E-state index < -0.39 is 0 Å². The van der Waals surface area contributed by atoms with E-state index in [1.807, 2.05) is 72.5 Å². The molecule has 0 amide bonds. The number of hydrazone groups is 1. The zero-order chi connectivity index (χ0) is 21.3. The SMILES string of the molecule is CCCCNC(=S)N(C)/N=C\c1cn(-c2ccccc2)nc1-c1ccc(OC)cc1. The largest absolute Gasteiger partial charge is 0.497 e. The molecule has 0 bridgehead atoms. The first-order valence-electron chi connectivity index (χ1n) is 9.97. The van der Waals surface area contributed by atoms with Crippen molar-refractivity contribution in [1.29, 1.82) is 0 Å². The van der Waals surface area contributed by atoms with Crippen LogP contribution in [0.2, 0.25) is 0 Å². The summed E-state index contributed by atoms with van der Waals surface area (Å²) in [6.07, 6.45) is 5.95. The topological polar surface area (TPSA) is 54.7 Å². The average molecular weight is 422 g/mol. The molecule has 0 saturated heterocycles. The molecule has 0 spiro atoms. The average Bonchev–Trinajstić information content (AvgIpc) is 3.22. The minimum absolute atomic E-state index is 0.598. The van der Waals surface area contributed by atoms with Crippen LogP contribution >= 0.6 is 12.2 Å². The molecule has 0 fully saturated rings. The van der Waals surface area contributed by atoms with Crippen LogP contribution in [0.5, 0.6) is 5.75 Å². The Balaban J connectivity index is 1.89. The van der Waals surface area contributed by atoms with E-state index in [0.717, 1.165) is 47.6 Å². The van der Waals surface area contributed by atoms with Crippen molar-refractivity contribution in [3.63, 3.8) is 0 Å².